The third-order valence-corrected chi connectivity index (χ3v) is 2.51. The maximum absolute atomic E-state index is 10.5. The number of hydrogen-bond acceptors (Lipinski definition) is 5. The lowest BCUT2D eigenvalue weighted by Crippen LogP contribution is -1.96. The van der Waals surface area contributed by atoms with Crippen LogP contribution in [0.3, 0.4) is 0 Å². The molecule has 2 rings (SSSR count). The van der Waals surface area contributed by atoms with E-state index in [1.807, 2.05) is 0 Å². The van der Waals surface area contributed by atoms with Crippen LogP contribution in [0.15, 0.2) is 30.5 Å². The Labute approximate surface area is 112 Å². The van der Waals surface area contributed by atoms with E-state index in [-0.39, 0.29) is 11.0 Å². The van der Waals surface area contributed by atoms with E-state index in [0.717, 1.165) is 0 Å². The number of nitrogens with one attached hydrogen (secondary N) is 1. The Morgan fingerprint density at radius 3 is 2.50 bits per heavy atom. The van der Waals surface area contributed by atoms with Crippen LogP contribution in [0.25, 0.3) is 0 Å². The van der Waals surface area contributed by atoms with Gasteiger partial charge < -0.3 is 5.32 Å². The molecule has 92 valence electrons. The second-order valence-electron chi connectivity index (χ2n) is 3.26. The summed E-state index contributed by atoms with van der Waals surface area (Å²) in [6.07, 6.45) is 1.37. The maximum atomic E-state index is 10.5. The average molecular weight is 285 g/mol. The first-order valence-electron chi connectivity index (χ1n) is 4.76. The molecule has 0 aliphatic rings. The van der Waals surface area contributed by atoms with E-state index in [1.165, 1.54) is 18.3 Å². The van der Waals surface area contributed by atoms with Crippen molar-refractivity contribution in [2.24, 2.45) is 0 Å². The Morgan fingerprint density at radius 1 is 1.22 bits per heavy atom. The number of benzene rings is 1. The summed E-state index contributed by atoms with van der Waals surface area (Å²) < 4.78 is 0. The maximum Gasteiger partial charge on any atom is 0.269 e. The zero-order valence-corrected chi connectivity index (χ0v) is 10.3. The standard InChI is InChI=1S/C10H6Cl2N4O2/c11-8-5-13-10(12)15-9(8)14-6-1-3-7(4-2-6)16(17)18/h1-5H,(H,13,14,15). The number of nitro groups is 1. The Balaban J connectivity index is 2.23. The quantitative estimate of drug-likeness (QED) is 0.530. The van der Waals surface area contributed by atoms with Gasteiger partial charge in [0.1, 0.15) is 5.02 Å². The van der Waals surface area contributed by atoms with Gasteiger partial charge >= 0.3 is 0 Å². The van der Waals surface area contributed by atoms with Crippen molar-refractivity contribution in [2.75, 3.05) is 5.32 Å². The molecule has 0 aliphatic carbocycles. The lowest BCUT2D eigenvalue weighted by Gasteiger charge is -2.06. The number of rotatable bonds is 3. The van der Waals surface area contributed by atoms with Gasteiger partial charge in [-0.2, -0.15) is 4.98 Å². The number of nitrogens with zero attached hydrogens (tertiary/aromatic N) is 3. The number of non-ortho nitro benzene ring substituents is 1. The van der Waals surface area contributed by atoms with Crippen molar-refractivity contribution in [2.45, 2.75) is 0 Å². The van der Waals surface area contributed by atoms with Gasteiger partial charge in [0.05, 0.1) is 11.1 Å². The summed E-state index contributed by atoms with van der Waals surface area (Å²) in [7, 11) is 0. The van der Waals surface area contributed by atoms with Crippen molar-refractivity contribution in [3.63, 3.8) is 0 Å². The number of hydrogen-bond donors (Lipinski definition) is 1. The number of nitro benzene ring substituents is 1. The first-order chi connectivity index (χ1) is 8.56. The predicted molar refractivity (Wildman–Crippen MR) is 68.4 cm³/mol. The van der Waals surface area contributed by atoms with E-state index >= 15 is 0 Å². The van der Waals surface area contributed by atoms with Crippen molar-refractivity contribution in [3.05, 3.63) is 50.9 Å². The van der Waals surface area contributed by atoms with Crippen LogP contribution in [-0.2, 0) is 0 Å². The topological polar surface area (TPSA) is 81.0 Å². The minimum absolute atomic E-state index is 0.00682. The van der Waals surface area contributed by atoms with Gasteiger partial charge in [-0.25, -0.2) is 4.98 Å². The van der Waals surface area contributed by atoms with Crippen LogP contribution in [0.5, 0.6) is 0 Å². The highest BCUT2D eigenvalue weighted by Crippen LogP contribution is 2.24. The van der Waals surface area contributed by atoms with Crippen molar-refractivity contribution in [1.82, 2.24) is 9.97 Å². The smallest absolute Gasteiger partial charge is 0.269 e. The molecule has 0 bridgehead atoms. The molecule has 1 heterocycles. The minimum atomic E-state index is -0.474. The van der Waals surface area contributed by atoms with E-state index in [9.17, 15) is 10.1 Å². The van der Waals surface area contributed by atoms with Crippen LogP contribution in [-0.4, -0.2) is 14.9 Å². The molecule has 0 atom stereocenters. The molecule has 0 unspecified atom stereocenters. The van der Waals surface area contributed by atoms with E-state index in [1.54, 1.807) is 12.1 Å². The molecule has 18 heavy (non-hydrogen) atoms. The average Bonchev–Trinajstić information content (AvgIpc) is 2.34. The molecule has 0 fully saturated rings. The van der Waals surface area contributed by atoms with Crippen LogP contribution in [0.2, 0.25) is 10.3 Å². The summed E-state index contributed by atoms with van der Waals surface area (Å²) in [5.41, 5.74) is 0.615. The number of halogens is 2. The third-order valence-electron chi connectivity index (χ3n) is 2.06. The van der Waals surface area contributed by atoms with E-state index < -0.39 is 4.92 Å². The zero-order chi connectivity index (χ0) is 13.1. The molecule has 1 aromatic carbocycles. The van der Waals surface area contributed by atoms with Crippen molar-refractivity contribution < 1.29 is 4.92 Å². The summed E-state index contributed by atoms with van der Waals surface area (Å²) in [5, 5.41) is 13.7. The Kier molecular flexibility index (Phi) is 3.59. The highest BCUT2D eigenvalue weighted by atomic mass is 35.5. The molecular formula is C10H6Cl2N4O2. The van der Waals surface area contributed by atoms with Crippen LogP contribution in [0, 0.1) is 10.1 Å². The van der Waals surface area contributed by atoms with Crippen molar-refractivity contribution >= 4 is 40.4 Å². The van der Waals surface area contributed by atoms with Gasteiger partial charge in [0.25, 0.3) is 5.69 Å². The predicted octanol–water partition coefficient (Wildman–Crippen LogP) is 3.44. The highest BCUT2D eigenvalue weighted by molar-refractivity contribution is 6.33. The van der Waals surface area contributed by atoms with Gasteiger partial charge in [0.2, 0.25) is 5.28 Å². The first-order valence-corrected chi connectivity index (χ1v) is 5.51. The summed E-state index contributed by atoms with van der Waals surface area (Å²) in [6.45, 7) is 0. The van der Waals surface area contributed by atoms with Gasteiger partial charge in [0.15, 0.2) is 5.82 Å². The molecule has 0 amide bonds. The minimum Gasteiger partial charge on any atom is -0.339 e. The van der Waals surface area contributed by atoms with Crippen LogP contribution >= 0.6 is 23.2 Å². The molecule has 0 saturated heterocycles. The summed E-state index contributed by atoms with van der Waals surface area (Å²) in [4.78, 5) is 17.6. The summed E-state index contributed by atoms with van der Waals surface area (Å²) in [5.74, 6) is 0.338. The molecular weight excluding hydrogens is 279 g/mol. The fraction of sp³-hybridized carbons (Fsp3) is 0. The second-order valence-corrected chi connectivity index (χ2v) is 4.01. The van der Waals surface area contributed by atoms with Gasteiger partial charge in [-0.1, -0.05) is 11.6 Å². The molecule has 0 saturated carbocycles. The summed E-state index contributed by atoms with van der Waals surface area (Å²) in [6, 6.07) is 5.84. The lowest BCUT2D eigenvalue weighted by atomic mass is 10.3. The van der Waals surface area contributed by atoms with E-state index in [2.05, 4.69) is 15.3 Å². The molecule has 2 aromatic rings. The van der Waals surface area contributed by atoms with Gasteiger partial charge in [-0.15, -0.1) is 0 Å². The van der Waals surface area contributed by atoms with Crippen LogP contribution in [0.1, 0.15) is 0 Å². The lowest BCUT2D eigenvalue weighted by molar-refractivity contribution is -0.384. The van der Waals surface area contributed by atoms with E-state index in [0.29, 0.717) is 16.5 Å². The normalized spacial score (nSPS) is 10.1. The highest BCUT2D eigenvalue weighted by Gasteiger charge is 2.07. The van der Waals surface area contributed by atoms with E-state index in [4.69, 9.17) is 23.2 Å². The van der Waals surface area contributed by atoms with Gasteiger partial charge in [-0.05, 0) is 23.7 Å². The molecule has 0 aliphatic heterocycles. The van der Waals surface area contributed by atoms with Crippen molar-refractivity contribution in [1.29, 1.82) is 0 Å². The van der Waals surface area contributed by atoms with Gasteiger partial charge in [0, 0.05) is 17.8 Å². The Morgan fingerprint density at radius 2 is 1.89 bits per heavy atom. The fourth-order valence-corrected chi connectivity index (χ4v) is 1.51. The molecule has 0 spiro atoms. The molecule has 1 aromatic heterocycles. The first kappa shape index (κ1) is 12.5. The van der Waals surface area contributed by atoms with Crippen LogP contribution < -0.4 is 5.32 Å². The largest absolute Gasteiger partial charge is 0.339 e. The van der Waals surface area contributed by atoms with Crippen LogP contribution in [0.4, 0.5) is 17.2 Å². The molecule has 6 nitrogen and oxygen atoms in total. The molecule has 1 N–H and O–H groups in total. The number of aromatic nitrogens is 2. The van der Waals surface area contributed by atoms with Gasteiger partial charge in [-0.3, -0.25) is 10.1 Å². The zero-order valence-electron chi connectivity index (χ0n) is 8.80. The molecule has 0 radical (unpaired) electrons. The number of anilines is 2. The van der Waals surface area contributed by atoms with Crippen molar-refractivity contribution in [3.8, 4) is 0 Å². The fourth-order valence-electron chi connectivity index (χ4n) is 1.24. The Bertz CT molecular complexity index is 589. The second kappa shape index (κ2) is 5.16. The Hall–Kier alpha value is -1.92. The third kappa shape index (κ3) is 2.85. The monoisotopic (exact) mass is 284 g/mol. The molecule has 8 heteroatoms. The summed E-state index contributed by atoms with van der Waals surface area (Å²) >= 11 is 11.5. The SMILES string of the molecule is O=[N+]([O-])c1ccc(Nc2nc(Cl)ncc2Cl)cc1.